The summed E-state index contributed by atoms with van der Waals surface area (Å²) in [6, 6.07) is 1.87. The summed E-state index contributed by atoms with van der Waals surface area (Å²) in [5.74, 6) is 0.527. The van der Waals surface area contributed by atoms with Gasteiger partial charge in [0.15, 0.2) is 0 Å². The van der Waals surface area contributed by atoms with Crippen LogP contribution in [0, 0.1) is 5.92 Å². The number of amides is 1. The molecule has 0 saturated heterocycles. The highest BCUT2D eigenvalue weighted by atomic mass is 16.5. The van der Waals surface area contributed by atoms with Crippen molar-refractivity contribution in [2.45, 2.75) is 32.1 Å². The molecule has 5 heteroatoms. The van der Waals surface area contributed by atoms with Crippen LogP contribution >= 0.6 is 0 Å². The minimum absolute atomic E-state index is 0.389. The van der Waals surface area contributed by atoms with Gasteiger partial charge in [-0.2, -0.15) is 0 Å². The summed E-state index contributed by atoms with van der Waals surface area (Å²) in [6.07, 6.45) is 11.0. The van der Waals surface area contributed by atoms with Gasteiger partial charge in [0.1, 0.15) is 0 Å². The van der Waals surface area contributed by atoms with Gasteiger partial charge in [0.25, 0.3) is 0 Å². The molecular formula is C15H19N3O2. The molecule has 0 aliphatic heterocycles. The van der Waals surface area contributed by atoms with E-state index in [1.54, 1.807) is 18.6 Å². The summed E-state index contributed by atoms with van der Waals surface area (Å²) in [5, 5.41) is 3.66. The van der Waals surface area contributed by atoms with E-state index in [1.807, 2.05) is 6.07 Å². The molecule has 2 N–H and O–H groups in total. The first-order valence-corrected chi connectivity index (χ1v) is 7.18. The molecule has 1 saturated carbocycles. The fourth-order valence-corrected chi connectivity index (χ4v) is 2.76. The van der Waals surface area contributed by atoms with E-state index in [-0.39, 0.29) is 6.09 Å². The lowest BCUT2D eigenvalue weighted by Gasteiger charge is -2.20. The Morgan fingerprint density at radius 3 is 3.10 bits per heavy atom. The smallest absolute Gasteiger partial charge is 0.411 e. The van der Waals surface area contributed by atoms with Gasteiger partial charge in [-0.25, -0.2) is 4.79 Å². The average molecular weight is 273 g/mol. The number of carbonyl (C=O) groups excluding carboxylic acids is 1. The number of anilines is 1. The van der Waals surface area contributed by atoms with Crippen LogP contribution in [0.1, 0.15) is 32.1 Å². The van der Waals surface area contributed by atoms with E-state index in [0.717, 1.165) is 10.9 Å². The minimum atomic E-state index is -0.389. The number of aromatic amines is 1. The summed E-state index contributed by atoms with van der Waals surface area (Å²) >= 11 is 0. The van der Waals surface area contributed by atoms with E-state index in [0.29, 0.717) is 18.2 Å². The Hall–Kier alpha value is -2.04. The Balaban J connectivity index is 1.55. The highest BCUT2D eigenvalue weighted by Crippen LogP contribution is 2.24. The van der Waals surface area contributed by atoms with Crippen LogP contribution in [0.3, 0.4) is 0 Å². The fraction of sp³-hybridized carbons (Fsp3) is 0.467. The SMILES string of the molecule is O=C(Nc1c[nH]c2ccncc12)OCC1CCCCC1. The van der Waals surface area contributed by atoms with Crippen molar-refractivity contribution in [2.75, 3.05) is 11.9 Å². The highest BCUT2D eigenvalue weighted by molar-refractivity contribution is 5.98. The second kappa shape index (κ2) is 5.94. The van der Waals surface area contributed by atoms with Crippen molar-refractivity contribution in [3.63, 3.8) is 0 Å². The molecule has 1 fully saturated rings. The van der Waals surface area contributed by atoms with Crippen molar-refractivity contribution >= 4 is 22.7 Å². The van der Waals surface area contributed by atoms with Crippen molar-refractivity contribution < 1.29 is 9.53 Å². The van der Waals surface area contributed by atoms with Gasteiger partial charge in [-0.3, -0.25) is 10.3 Å². The van der Waals surface area contributed by atoms with Crippen LogP contribution in [0.5, 0.6) is 0 Å². The minimum Gasteiger partial charge on any atom is -0.449 e. The number of H-pyrrole nitrogens is 1. The number of aromatic nitrogens is 2. The van der Waals surface area contributed by atoms with Crippen molar-refractivity contribution in [3.05, 3.63) is 24.7 Å². The number of rotatable bonds is 3. The quantitative estimate of drug-likeness (QED) is 0.896. The maximum atomic E-state index is 11.8. The number of carbonyl (C=O) groups is 1. The molecule has 2 aromatic rings. The molecule has 20 heavy (non-hydrogen) atoms. The van der Waals surface area contributed by atoms with Gasteiger partial charge in [-0.15, -0.1) is 0 Å². The Kier molecular flexibility index (Phi) is 3.85. The second-order valence-corrected chi connectivity index (χ2v) is 5.35. The Morgan fingerprint density at radius 1 is 1.40 bits per heavy atom. The van der Waals surface area contributed by atoms with Gasteiger partial charge in [-0.05, 0) is 24.8 Å². The molecule has 0 aromatic carbocycles. The van der Waals surface area contributed by atoms with Gasteiger partial charge in [0.05, 0.1) is 17.8 Å². The van der Waals surface area contributed by atoms with Crippen LogP contribution < -0.4 is 5.32 Å². The van der Waals surface area contributed by atoms with Crippen LogP contribution in [0.4, 0.5) is 10.5 Å². The van der Waals surface area contributed by atoms with Crippen LogP contribution in [0.2, 0.25) is 0 Å². The summed E-state index contributed by atoms with van der Waals surface area (Å²) in [5.41, 5.74) is 1.66. The average Bonchev–Trinajstić information content (AvgIpc) is 2.90. The molecule has 1 aliphatic rings. The predicted octanol–water partition coefficient (Wildman–Crippen LogP) is 3.69. The largest absolute Gasteiger partial charge is 0.449 e. The topological polar surface area (TPSA) is 67.0 Å². The number of hydrogen-bond donors (Lipinski definition) is 2. The number of hydrogen-bond acceptors (Lipinski definition) is 3. The van der Waals surface area contributed by atoms with Gasteiger partial charge < -0.3 is 9.72 Å². The first kappa shape index (κ1) is 13.0. The monoisotopic (exact) mass is 273 g/mol. The summed E-state index contributed by atoms with van der Waals surface area (Å²) in [4.78, 5) is 19.0. The van der Waals surface area contributed by atoms with Crippen LogP contribution in [0.15, 0.2) is 24.7 Å². The Bertz CT molecular complexity index is 588. The molecule has 0 unspecified atom stereocenters. The van der Waals surface area contributed by atoms with E-state index < -0.39 is 0 Å². The molecule has 0 bridgehead atoms. The number of nitrogens with one attached hydrogen (secondary N) is 2. The van der Waals surface area contributed by atoms with Crippen molar-refractivity contribution in [3.8, 4) is 0 Å². The molecule has 0 atom stereocenters. The second-order valence-electron chi connectivity index (χ2n) is 5.35. The number of fused-ring (bicyclic) bond motifs is 1. The number of nitrogens with zero attached hydrogens (tertiary/aromatic N) is 1. The maximum Gasteiger partial charge on any atom is 0.411 e. The first-order valence-electron chi connectivity index (χ1n) is 7.18. The highest BCUT2D eigenvalue weighted by Gasteiger charge is 2.16. The zero-order valence-electron chi connectivity index (χ0n) is 11.4. The predicted molar refractivity (Wildman–Crippen MR) is 77.6 cm³/mol. The van der Waals surface area contributed by atoms with Crippen LogP contribution in [-0.4, -0.2) is 22.7 Å². The van der Waals surface area contributed by atoms with E-state index in [9.17, 15) is 4.79 Å². The van der Waals surface area contributed by atoms with Crippen LogP contribution in [0.25, 0.3) is 10.9 Å². The van der Waals surface area contributed by atoms with Crippen molar-refractivity contribution in [1.29, 1.82) is 0 Å². The molecule has 2 aromatic heterocycles. The normalized spacial score (nSPS) is 16.2. The molecule has 0 radical (unpaired) electrons. The van der Waals surface area contributed by atoms with Gasteiger partial charge in [-0.1, -0.05) is 19.3 Å². The lowest BCUT2D eigenvalue weighted by Crippen LogP contribution is -2.20. The lowest BCUT2D eigenvalue weighted by molar-refractivity contribution is 0.128. The van der Waals surface area contributed by atoms with E-state index in [2.05, 4.69) is 15.3 Å². The first-order chi connectivity index (χ1) is 9.83. The molecular weight excluding hydrogens is 254 g/mol. The van der Waals surface area contributed by atoms with Crippen LogP contribution in [-0.2, 0) is 4.74 Å². The lowest BCUT2D eigenvalue weighted by atomic mass is 9.90. The third kappa shape index (κ3) is 2.92. The molecule has 1 aliphatic carbocycles. The fourth-order valence-electron chi connectivity index (χ4n) is 2.76. The third-order valence-electron chi connectivity index (χ3n) is 3.89. The summed E-state index contributed by atoms with van der Waals surface area (Å²) in [6.45, 7) is 0.520. The molecule has 0 spiro atoms. The third-order valence-corrected chi connectivity index (χ3v) is 3.89. The van der Waals surface area contributed by atoms with Gasteiger partial charge >= 0.3 is 6.09 Å². The van der Waals surface area contributed by atoms with E-state index in [1.165, 1.54) is 32.1 Å². The maximum absolute atomic E-state index is 11.8. The van der Waals surface area contributed by atoms with E-state index >= 15 is 0 Å². The Morgan fingerprint density at radius 2 is 2.25 bits per heavy atom. The standard InChI is InChI=1S/C15H19N3O2/c19-15(20-10-11-4-2-1-3-5-11)18-14-9-17-13-6-7-16-8-12(13)14/h6-9,11,17H,1-5,10H2,(H,18,19). The molecule has 2 heterocycles. The van der Waals surface area contributed by atoms with E-state index in [4.69, 9.17) is 4.74 Å². The molecule has 106 valence electrons. The van der Waals surface area contributed by atoms with Gasteiger partial charge in [0, 0.05) is 24.0 Å². The number of pyridine rings is 1. The number of ether oxygens (including phenoxy) is 1. The molecule has 1 amide bonds. The zero-order chi connectivity index (χ0) is 13.8. The summed E-state index contributed by atoms with van der Waals surface area (Å²) in [7, 11) is 0. The molecule has 3 rings (SSSR count). The molecule has 5 nitrogen and oxygen atoms in total. The Labute approximate surface area is 117 Å². The zero-order valence-corrected chi connectivity index (χ0v) is 11.4. The van der Waals surface area contributed by atoms with Gasteiger partial charge in [0.2, 0.25) is 0 Å². The summed E-state index contributed by atoms with van der Waals surface area (Å²) < 4.78 is 5.32. The van der Waals surface area contributed by atoms with Crippen molar-refractivity contribution in [1.82, 2.24) is 9.97 Å². The van der Waals surface area contributed by atoms with Crippen molar-refractivity contribution in [2.24, 2.45) is 5.92 Å².